The Bertz CT molecular complexity index is 733. The molecule has 0 aliphatic heterocycles. The standard InChI is InChI=1S/C20H26N4O/c1-23(2)13-7-12-20(25)22-18-10-6-11-19-17(18)14-21-24(19)15-16-8-4-3-5-9-16/h3-5,7-9,12,14,18H,6,10-11,13,15H2,1-2H3,(H,22,25)/b12-7+. The molecule has 5 nitrogen and oxygen atoms in total. The highest BCUT2D eigenvalue weighted by molar-refractivity contribution is 5.87. The van der Waals surface area contributed by atoms with Crippen molar-refractivity contribution in [3.63, 3.8) is 0 Å². The fourth-order valence-electron chi connectivity index (χ4n) is 3.25. The minimum Gasteiger partial charge on any atom is -0.346 e. The quantitative estimate of drug-likeness (QED) is 0.824. The van der Waals surface area contributed by atoms with E-state index >= 15 is 0 Å². The molecule has 0 fully saturated rings. The van der Waals surface area contributed by atoms with E-state index in [0.29, 0.717) is 0 Å². The van der Waals surface area contributed by atoms with Crippen molar-refractivity contribution in [2.24, 2.45) is 0 Å². The summed E-state index contributed by atoms with van der Waals surface area (Å²) in [5, 5.41) is 7.71. The maximum absolute atomic E-state index is 12.2. The average molecular weight is 338 g/mol. The van der Waals surface area contributed by atoms with Crippen molar-refractivity contribution in [2.75, 3.05) is 20.6 Å². The summed E-state index contributed by atoms with van der Waals surface area (Å²) in [5.74, 6) is -0.0319. The number of benzene rings is 1. The molecule has 1 aromatic heterocycles. The molecular formula is C20H26N4O. The van der Waals surface area contributed by atoms with E-state index in [4.69, 9.17) is 0 Å². The summed E-state index contributed by atoms with van der Waals surface area (Å²) >= 11 is 0. The van der Waals surface area contributed by atoms with Crippen molar-refractivity contribution in [3.8, 4) is 0 Å². The summed E-state index contributed by atoms with van der Waals surface area (Å²) < 4.78 is 2.07. The lowest BCUT2D eigenvalue weighted by molar-refractivity contribution is -0.117. The zero-order chi connectivity index (χ0) is 17.6. The van der Waals surface area contributed by atoms with Crippen molar-refractivity contribution in [1.29, 1.82) is 0 Å². The van der Waals surface area contributed by atoms with Crippen molar-refractivity contribution in [1.82, 2.24) is 20.0 Å². The van der Waals surface area contributed by atoms with Crippen LogP contribution in [0.2, 0.25) is 0 Å². The second-order valence-electron chi connectivity index (χ2n) is 6.81. The SMILES string of the molecule is CN(C)C/C=C/C(=O)NC1CCCc2c1cnn2Cc1ccccc1. The highest BCUT2D eigenvalue weighted by Gasteiger charge is 2.25. The second kappa shape index (κ2) is 8.12. The fraction of sp³-hybridized carbons (Fsp3) is 0.400. The van der Waals surface area contributed by atoms with Gasteiger partial charge in [-0.3, -0.25) is 9.48 Å². The van der Waals surface area contributed by atoms with E-state index in [1.165, 1.54) is 11.3 Å². The molecule has 2 aromatic rings. The largest absolute Gasteiger partial charge is 0.346 e. The number of fused-ring (bicyclic) bond motifs is 1. The molecule has 1 atom stereocenters. The fourth-order valence-corrected chi connectivity index (χ4v) is 3.25. The van der Waals surface area contributed by atoms with Gasteiger partial charge in [-0.1, -0.05) is 36.4 Å². The number of aromatic nitrogens is 2. The summed E-state index contributed by atoms with van der Waals surface area (Å²) in [6, 6.07) is 10.4. The van der Waals surface area contributed by atoms with Crippen LogP contribution in [0.3, 0.4) is 0 Å². The third kappa shape index (κ3) is 4.57. The molecule has 1 aromatic carbocycles. The molecule has 0 saturated heterocycles. The molecule has 132 valence electrons. The van der Waals surface area contributed by atoms with Crippen LogP contribution in [0.4, 0.5) is 0 Å². The molecule has 0 radical (unpaired) electrons. The first-order valence-electron chi connectivity index (χ1n) is 8.84. The van der Waals surface area contributed by atoms with E-state index in [-0.39, 0.29) is 11.9 Å². The predicted octanol–water partition coefficient (Wildman–Crippen LogP) is 2.54. The molecule has 0 saturated carbocycles. The monoisotopic (exact) mass is 338 g/mol. The van der Waals surface area contributed by atoms with E-state index in [1.54, 1.807) is 6.08 Å². The molecule has 1 amide bonds. The molecule has 3 rings (SSSR count). The van der Waals surface area contributed by atoms with Crippen LogP contribution in [0.25, 0.3) is 0 Å². The van der Waals surface area contributed by atoms with Crippen molar-refractivity contribution in [2.45, 2.75) is 31.8 Å². The van der Waals surface area contributed by atoms with Gasteiger partial charge in [0, 0.05) is 23.9 Å². The topological polar surface area (TPSA) is 50.2 Å². The summed E-state index contributed by atoms with van der Waals surface area (Å²) in [6.45, 7) is 1.54. The number of hydrogen-bond acceptors (Lipinski definition) is 3. The summed E-state index contributed by atoms with van der Waals surface area (Å²) in [4.78, 5) is 14.2. The van der Waals surface area contributed by atoms with Crippen molar-refractivity contribution >= 4 is 5.91 Å². The van der Waals surface area contributed by atoms with Gasteiger partial charge in [-0.25, -0.2) is 0 Å². The maximum Gasteiger partial charge on any atom is 0.244 e. The van der Waals surface area contributed by atoms with E-state index in [0.717, 1.165) is 37.9 Å². The van der Waals surface area contributed by atoms with Gasteiger partial charge in [0.2, 0.25) is 5.91 Å². The zero-order valence-corrected chi connectivity index (χ0v) is 15.0. The van der Waals surface area contributed by atoms with Gasteiger partial charge in [-0.05, 0) is 38.9 Å². The van der Waals surface area contributed by atoms with Gasteiger partial charge < -0.3 is 10.2 Å². The van der Waals surface area contributed by atoms with Crippen molar-refractivity contribution in [3.05, 3.63) is 65.5 Å². The molecule has 1 aliphatic rings. The van der Waals surface area contributed by atoms with Gasteiger partial charge in [0.1, 0.15) is 0 Å². The van der Waals surface area contributed by atoms with E-state index in [1.807, 2.05) is 49.5 Å². The van der Waals surface area contributed by atoms with Gasteiger partial charge >= 0.3 is 0 Å². The lowest BCUT2D eigenvalue weighted by Gasteiger charge is -2.23. The number of carbonyl (C=O) groups is 1. The van der Waals surface area contributed by atoms with Crippen LogP contribution in [-0.4, -0.2) is 41.2 Å². The Kier molecular flexibility index (Phi) is 5.66. The van der Waals surface area contributed by atoms with E-state index < -0.39 is 0 Å². The molecule has 1 unspecified atom stereocenters. The normalized spacial score (nSPS) is 17.0. The number of amides is 1. The Hall–Kier alpha value is -2.40. The number of nitrogens with one attached hydrogen (secondary N) is 1. The maximum atomic E-state index is 12.2. The summed E-state index contributed by atoms with van der Waals surface area (Å²) in [7, 11) is 3.97. The van der Waals surface area contributed by atoms with Gasteiger partial charge in [-0.15, -0.1) is 0 Å². The molecule has 1 heterocycles. The first-order chi connectivity index (χ1) is 12.1. The van der Waals surface area contributed by atoms with Gasteiger partial charge in [0.15, 0.2) is 0 Å². The number of hydrogen-bond donors (Lipinski definition) is 1. The van der Waals surface area contributed by atoms with E-state index in [9.17, 15) is 4.79 Å². The molecule has 25 heavy (non-hydrogen) atoms. The highest BCUT2D eigenvalue weighted by Crippen LogP contribution is 2.29. The third-order valence-corrected chi connectivity index (χ3v) is 4.49. The van der Waals surface area contributed by atoms with Gasteiger partial charge in [-0.2, -0.15) is 5.10 Å². The molecule has 1 N–H and O–H groups in total. The number of nitrogens with zero attached hydrogens (tertiary/aromatic N) is 3. The third-order valence-electron chi connectivity index (χ3n) is 4.49. The van der Waals surface area contributed by atoms with Crippen LogP contribution >= 0.6 is 0 Å². The number of rotatable bonds is 6. The smallest absolute Gasteiger partial charge is 0.244 e. The average Bonchev–Trinajstić information content (AvgIpc) is 3.00. The van der Waals surface area contributed by atoms with Crippen LogP contribution < -0.4 is 5.32 Å². The Morgan fingerprint density at radius 3 is 2.92 bits per heavy atom. The first-order valence-corrected chi connectivity index (χ1v) is 8.84. The van der Waals surface area contributed by atoms with Crippen molar-refractivity contribution < 1.29 is 4.79 Å². The predicted molar refractivity (Wildman–Crippen MR) is 99.3 cm³/mol. The van der Waals surface area contributed by atoms with E-state index in [2.05, 4.69) is 27.2 Å². The minimum atomic E-state index is -0.0319. The van der Waals surface area contributed by atoms with Crippen LogP contribution in [0.15, 0.2) is 48.7 Å². The van der Waals surface area contributed by atoms with Crippen LogP contribution in [0.5, 0.6) is 0 Å². The molecular weight excluding hydrogens is 312 g/mol. The van der Waals surface area contributed by atoms with Crippen LogP contribution in [0, 0.1) is 0 Å². The summed E-state index contributed by atoms with van der Waals surface area (Å²) in [6.07, 6.45) is 8.49. The zero-order valence-electron chi connectivity index (χ0n) is 15.0. The lowest BCUT2D eigenvalue weighted by Crippen LogP contribution is -2.30. The summed E-state index contributed by atoms with van der Waals surface area (Å²) in [5.41, 5.74) is 3.65. The molecule has 0 spiro atoms. The van der Waals surface area contributed by atoms with Crippen LogP contribution in [-0.2, 0) is 17.8 Å². The second-order valence-corrected chi connectivity index (χ2v) is 6.81. The highest BCUT2D eigenvalue weighted by atomic mass is 16.1. The number of carbonyl (C=O) groups excluding carboxylic acids is 1. The van der Waals surface area contributed by atoms with Gasteiger partial charge in [0.05, 0.1) is 18.8 Å². The minimum absolute atomic E-state index is 0.0319. The Morgan fingerprint density at radius 2 is 2.16 bits per heavy atom. The first kappa shape index (κ1) is 17.4. The Balaban J connectivity index is 1.68. The number of likely N-dealkylation sites (N-methyl/N-ethyl adjacent to an activating group) is 1. The van der Waals surface area contributed by atoms with Gasteiger partial charge in [0.25, 0.3) is 0 Å². The lowest BCUT2D eigenvalue weighted by atomic mass is 9.93. The molecule has 1 aliphatic carbocycles. The Labute approximate surface area is 149 Å². The molecule has 0 bridgehead atoms. The Morgan fingerprint density at radius 1 is 1.36 bits per heavy atom. The molecule has 5 heteroatoms. The van der Waals surface area contributed by atoms with Crippen LogP contribution in [0.1, 0.15) is 35.7 Å².